The summed E-state index contributed by atoms with van der Waals surface area (Å²) >= 11 is 1.28. The minimum absolute atomic E-state index is 0.0120. The van der Waals surface area contributed by atoms with E-state index in [1.54, 1.807) is 31.2 Å². The summed E-state index contributed by atoms with van der Waals surface area (Å²) in [6.07, 6.45) is 1.77. The van der Waals surface area contributed by atoms with E-state index >= 15 is 0 Å². The molecule has 10 nitrogen and oxygen atoms in total. The number of hydrogen-bond donors (Lipinski definition) is 4. The fourth-order valence-electron chi connectivity index (χ4n) is 4.78. The van der Waals surface area contributed by atoms with Gasteiger partial charge in [0.2, 0.25) is 11.8 Å². The number of anilines is 1. The summed E-state index contributed by atoms with van der Waals surface area (Å²) in [6.45, 7) is 2.92. The Labute approximate surface area is 244 Å². The molecule has 0 radical (unpaired) electrons. The molecule has 0 spiro atoms. The van der Waals surface area contributed by atoms with E-state index in [-0.39, 0.29) is 30.7 Å². The lowest BCUT2D eigenvalue weighted by atomic mass is 9.82. The number of nitrogens with one attached hydrogen (secondary N) is 2. The van der Waals surface area contributed by atoms with E-state index in [9.17, 15) is 23.9 Å². The normalized spacial score (nSPS) is 19.0. The number of fused-ring (bicyclic) bond motifs is 2. The highest BCUT2D eigenvalue weighted by atomic mass is 32.1. The SMILES string of the molecule is C[C@](O)(CNC(=O)c1ccc2nc(NC(=O)C3CC3)sc2c1)c1cc2c(c(-c3ccc(F)cc3)n1)OC[C@]2(C)C(N)=O. The summed E-state index contributed by atoms with van der Waals surface area (Å²) in [7, 11) is 0. The van der Waals surface area contributed by atoms with Crippen LogP contribution in [0.2, 0.25) is 0 Å². The minimum Gasteiger partial charge on any atom is -0.489 e. The molecule has 1 saturated carbocycles. The highest BCUT2D eigenvalue weighted by Gasteiger charge is 2.45. The van der Waals surface area contributed by atoms with Crippen molar-refractivity contribution in [2.45, 2.75) is 37.7 Å². The number of rotatable bonds is 8. The second-order valence-corrected chi connectivity index (χ2v) is 12.2. The molecule has 4 aromatic rings. The Morgan fingerprint density at radius 2 is 1.90 bits per heavy atom. The average molecular weight is 590 g/mol. The zero-order chi connectivity index (χ0) is 29.8. The third kappa shape index (κ3) is 5.07. The number of nitrogens with zero attached hydrogens (tertiary/aromatic N) is 2. The van der Waals surface area contributed by atoms with Crippen LogP contribution in [0.4, 0.5) is 9.52 Å². The molecule has 1 aliphatic carbocycles. The van der Waals surface area contributed by atoms with Crippen LogP contribution in [-0.2, 0) is 20.6 Å². The van der Waals surface area contributed by atoms with E-state index in [2.05, 4.69) is 20.6 Å². The summed E-state index contributed by atoms with van der Waals surface area (Å²) < 4.78 is 20.2. The van der Waals surface area contributed by atoms with Crippen LogP contribution in [0, 0.1) is 11.7 Å². The van der Waals surface area contributed by atoms with Crippen molar-refractivity contribution in [3.05, 3.63) is 71.2 Å². The van der Waals surface area contributed by atoms with Gasteiger partial charge in [-0.15, -0.1) is 0 Å². The van der Waals surface area contributed by atoms with Crippen LogP contribution in [0.3, 0.4) is 0 Å². The molecule has 2 aliphatic rings. The number of thiazole rings is 1. The predicted molar refractivity (Wildman–Crippen MR) is 155 cm³/mol. The maximum Gasteiger partial charge on any atom is 0.251 e. The molecule has 42 heavy (non-hydrogen) atoms. The number of aliphatic hydroxyl groups is 1. The first-order valence-electron chi connectivity index (χ1n) is 13.4. The van der Waals surface area contributed by atoms with Gasteiger partial charge < -0.3 is 26.2 Å². The van der Waals surface area contributed by atoms with Crippen LogP contribution in [0.1, 0.15) is 48.3 Å². The van der Waals surface area contributed by atoms with Gasteiger partial charge in [0.15, 0.2) is 5.13 Å². The van der Waals surface area contributed by atoms with Gasteiger partial charge >= 0.3 is 0 Å². The number of halogens is 1. The molecule has 1 fully saturated rings. The fraction of sp³-hybridized carbons (Fsp3) is 0.300. The van der Waals surface area contributed by atoms with Crippen molar-refractivity contribution in [2.75, 3.05) is 18.5 Å². The minimum atomic E-state index is -1.67. The molecule has 216 valence electrons. The molecule has 2 atom stereocenters. The van der Waals surface area contributed by atoms with E-state index in [0.29, 0.717) is 38.8 Å². The van der Waals surface area contributed by atoms with Crippen LogP contribution in [0.15, 0.2) is 48.5 Å². The van der Waals surface area contributed by atoms with Gasteiger partial charge in [0.05, 0.1) is 22.5 Å². The molecule has 0 unspecified atom stereocenters. The van der Waals surface area contributed by atoms with Crippen LogP contribution >= 0.6 is 11.3 Å². The first-order valence-corrected chi connectivity index (χ1v) is 14.2. The molecular formula is C30H28FN5O5S. The number of amides is 3. The lowest BCUT2D eigenvalue weighted by molar-refractivity contribution is -0.123. The lowest BCUT2D eigenvalue weighted by Crippen LogP contribution is -2.41. The highest BCUT2D eigenvalue weighted by Crippen LogP contribution is 2.45. The number of carbonyl (C=O) groups excluding carboxylic acids is 3. The number of aromatic nitrogens is 2. The third-order valence-corrected chi connectivity index (χ3v) is 8.64. The van der Waals surface area contributed by atoms with Crippen LogP contribution in [0.25, 0.3) is 21.5 Å². The fourth-order valence-corrected chi connectivity index (χ4v) is 5.69. The summed E-state index contributed by atoms with van der Waals surface area (Å²) in [5.74, 6) is -1.13. The van der Waals surface area contributed by atoms with Crippen molar-refractivity contribution < 1.29 is 28.6 Å². The Hall–Kier alpha value is -4.42. The second kappa shape index (κ2) is 10.1. The number of benzene rings is 2. The smallest absolute Gasteiger partial charge is 0.251 e. The van der Waals surface area contributed by atoms with Gasteiger partial charge in [0.25, 0.3) is 5.91 Å². The number of ether oxygens (including phenoxy) is 1. The van der Waals surface area contributed by atoms with Gasteiger partial charge in [-0.05, 0) is 75.2 Å². The zero-order valence-corrected chi connectivity index (χ0v) is 23.7. The number of primary amides is 1. The summed E-state index contributed by atoms with van der Waals surface area (Å²) in [5.41, 5.74) is 5.35. The van der Waals surface area contributed by atoms with Crippen molar-refractivity contribution >= 4 is 44.4 Å². The Morgan fingerprint density at radius 1 is 1.17 bits per heavy atom. The van der Waals surface area contributed by atoms with Gasteiger partial charge in [0.1, 0.15) is 34.9 Å². The first kappa shape index (κ1) is 27.7. The van der Waals surface area contributed by atoms with Crippen LogP contribution in [-0.4, -0.2) is 45.9 Å². The molecule has 6 rings (SSSR count). The molecule has 2 aromatic carbocycles. The van der Waals surface area contributed by atoms with Gasteiger partial charge in [-0.1, -0.05) is 11.3 Å². The molecule has 2 aromatic heterocycles. The Kier molecular flexibility index (Phi) is 6.70. The molecule has 5 N–H and O–H groups in total. The van der Waals surface area contributed by atoms with Crippen molar-refractivity contribution in [1.82, 2.24) is 15.3 Å². The second-order valence-electron chi connectivity index (χ2n) is 11.1. The molecule has 1 aliphatic heterocycles. The van der Waals surface area contributed by atoms with E-state index in [4.69, 9.17) is 10.5 Å². The molecular weight excluding hydrogens is 561 g/mol. The molecule has 3 heterocycles. The maximum absolute atomic E-state index is 13.6. The lowest BCUT2D eigenvalue weighted by Gasteiger charge is -2.26. The quantitative estimate of drug-likeness (QED) is 0.245. The first-order chi connectivity index (χ1) is 19.9. The molecule has 3 amide bonds. The van der Waals surface area contributed by atoms with Gasteiger partial charge in [-0.25, -0.2) is 14.4 Å². The summed E-state index contributed by atoms with van der Waals surface area (Å²) in [5, 5.41) is 17.6. The van der Waals surface area contributed by atoms with Crippen molar-refractivity contribution in [1.29, 1.82) is 0 Å². The van der Waals surface area contributed by atoms with Crippen LogP contribution in [0.5, 0.6) is 5.75 Å². The predicted octanol–water partition coefficient (Wildman–Crippen LogP) is 3.62. The highest BCUT2D eigenvalue weighted by molar-refractivity contribution is 7.22. The Balaban J connectivity index is 1.25. The standard InChI is InChI=1S/C30H28FN5O5S/c1-29(27(32)39)14-41-24-19(29)12-22(35-23(24)15-5-8-18(31)9-6-15)30(2,40)13-33-25(37)17-7-10-20-21(11-17)42-28(34-20)36-26(38)16-3-4-16/h5-12,16,40H,3-4,13-14H2,1-2H3,(H2,32,39)(H,33,37)(H,34,36,38)/t29-,30-/m0/s1. The van der Waals surface area contributed by atoms with Crippen molar-refractivity contribution in [2.24, 2.45) is 11.7 Å². The number of pyridine rings is 1. The maximum atomic E-state index is 13.6. The van der Waals surface area contributed by atoms with Crippen LogP contribution < -0.4 is 21.1 Å². The van der Waals surface area contributed by atoms with Crippen molar-refractivity contribution in [3.63, 3.8) is 0 Å². The van der Waals surface area contributed by atoms with Gasteiger partial charge in [-0.3, -0.25) is 14.4 Å². The van der Waals surface area contributed by atoms with Gasteiger partial charge in [0, 0.05) is 22.6 Å². The third-order valence-electron chi connectivity index (χ3n) is 7.71. The summed E-state index contributed by atoms with van der Waals surface area (Å²) in [6, 6.07) is 12.2. The number of nitrogens with two attached hydrogens (primary N) is 1. The van der Waals surface area contributed by atoms with Crippen molar-refractivity contribution in [3.8, 4) is 17.0 Å². The number of carbonyl (C=O) groups is 3. The van der Waals surface area contributed by atoms with Gasteiger partial charge in [-0.2, -0.15) is 0 Å². The monoisotopic (exact) mass is 589 g/mol. The molecule has 0 saturated heterocycles. The van der Waals surface area contributed by atoms with E-state index < -0.39 is 28.6 Å². The Bertz CT molecular complexity index is 1750. The topological polar surface area (TPSA) is 157 Å². The Morgan fingerprint density at radius 3 is 2.60 bits per heavy atom. The zero-order valence-electron chi connectivity index (χ0n) is 22.9. The van der Waals surface area contributed by atoms with E-state index in [1.165, 1.54) is 42.5 Å². The van der Waals surface area contributed by atoms with E-state index in [1.807, 2.05) is 0 Å². The average Bonchev–Trinajstić information content (AvgIpc) is 3.66. The molecule has 0 bridgehead atoms. The number of hydrogen-bond acceptors (Lipinski definition) is 8. The molecule has 12 heteroatoms. The summed E-state index contributed by atoms with van der Waals surface area (Å²) in [4.78, 5) is 46.7. The largest absolute Gasteiger partial charge is 0.489 e. The van der Waals surface area contributed by atoms with E-state index in [0.717, 1.165) is 17.5 Å².